The minimum atomic E-state index is -0.230. The fourth-order valence-electron chi connectivity index (χ4n) is 1.69. The predicted molar refractivity (Wildman–Crippen MR) is 64.8 cm³/mol. The van der Waals surface area contributed by atoms with Crippen LogP contribution in [0.3, 0.4) is 0 Å². The van der Waals surface area contributed by atoms with Gasteiger partial charge in [-0.05, 0) is 38.7 Å². The van der Waals surface area contributed by atoms with Crippen LogP contribution in [0.1, 0.15) is 32.3 Å². The average molecular weight is 204 g/mol. The molecule has 1 unspecified atom stereocenters. The summed E-state index contributed by atoms with van der Waals surface area (Å²) in [4.78, 5) is 0. The van der Waals surface area contributed by atoms with Crippen LogP contribution in [0.2, 0.25) is 0 Å². The molecule has 15 heavy (non-hydrogen) atoms. The Kier molecular flexibility index (Phi) is 5.13. The highest BCUT2D eigenvalue weighted by Crippen LogP contribution is 2.14. The fourth-order valence-corrected chi connectivity index (χ4v) is 1.69. The highest BCUT2D eigenvalue weighted by Gasteiger charge is 2.02. The SMILES string of the molecule is C/C=C(/CCc1ccccc1)CC(C)O. The van der Waals surface area contributed by atoms with Crippen LogP contribution in [0.5, 0.6) is 0 Å². The maximum Gasteiger partial charge on any atom is 0.0549 e. The Morgan fingerprint density at radius 3 is 2.53 bits per heavy atom. The van der Waals surface area contributed by atoms with Gasteiger partial charge in [0.25, 0.3) is 0 Å². The highest BCUT2D eigenvalue weighted by atomic mass is 16.3. The number of aliphatic hydroxyl groups is 1. The zero-order valence-corrected chi connectivity index (χ0v) is 9.61. The molecule has 0 spiro atoms. The highest BCUT2D eigenvalue weighted by molar-refractivity contribution is 5.16. The van der Waals surface area contributed by atoms with E-state index in [2.05, 4.69) is 30.3 Å². The van der Waals surface area contributed by atoms with E-state index in [9.17, 15) is 5.11 Å². The third-order valence-electron chi connectivity index (χ3n) is 2.54. The fraction of sp³-hybridized carbons (Fsp3) is 0.429. The summed E-state index contributed by atoms with van der Waals surface area (Å²) in [6.45, 7) is 3.88. The van der Waals surface area contributed by atoms with Crippen LogP contribution in [0.25, 0.3) is 0 Å². The molecule has 0 fully saturated rings. The molecule has 0 aliphatic carbocycles. The van der Waals surface area contributed by atoms with E-state index in [0.29, 0.717) is 0 Å². The molecule has 1 aromatic rings. The number of allylic oxidation sites excluding steroid dienone is 1. The third-order valence-corrected chi connectivity index (χ3v) is 2.54. The lowest BCUT2D eigenvalue weighted by molar-refractivity contribution is 0.194. The number of rotatable bonds is 5. The Bertz CT molecular complexity index is 298. The summed E-state index contributed by atoms with van der Waals surface area (Å²) in [5, 5.41) is 9.31. The van der Waals surface area contributed by atoms with Crippen molar-refractivity contribution < 1.29 is 5.11 Å². The van der Waals surface area contributed by atoms with Crippen molar-refractivity contribution >= 4 is 0 Å². The lowest BCUT2D eigenvalue weighted by atomic mass is 10.0. The van der Waals surface area contributed by atoms with Crippen molar-refractivity contribution in [3.63, 3.8) is 0 Å². The summed E-state index contributed by atoms with van der Waals surface area (Å²) in [7, 11) is 0. The Morgan fingerprint density at radius 1 is 1.33 bits per heavy atom. The molecule has 1 atom stereocenters. The van der Waals surface area contributed by atoms with Gasteiger partial charge in [-0.2, -0.15) is 0 Å². The minimum Gasteiger partial charge on any atom is -0.393 e. The Labute approximate surface area is 92.5 Å². The van der Waals surface area contributed by atoms with Crippen LogP contribution in [0, 0.1) is 0 Å². The summed E-state index contributed by atoms with van der Waals surface area (Å²) < 4.78 is 0. The van der Waals surface area contributed by atoms with E-state index >= 15 is 0 Å². The first-order valence-corrected chi connectivity index (χ1v) is 5.58. The largest absolute Gasteiger partial charge is 0.393 e. The number of benzene rings is 1. The maximum atomic E-state index is 9.31. The van der Waals surface area contributed by atoms with Gasteiger partial charge in [-0.15, -0.1) is 0 Å². The first-order valence-electron chi connectivity index (χ1n) is 5.58. The number of hydrogen-bond donors (Lipinski definition) is 1. The first-order chi connectivity index (χ1) is 7.22. The summed E-state index contributed by atoms with van der Waals surface area (Å²) in [6.07, 6.45) is 4.80. The Morgan fingerprint density at radius 2 is 2.00 bits per heavy atom. The van der Waals surface area contributed by atoms with Gasteiger partial charge in [0.2, 0.25) is 0 Å². The predicted octanol–water partition coefficient (Wildman–Crippen LogP) is 3.34. The van der Waals surface area contributed by atoms with Crippen LogP contribution < -0.4 is 0 Å². The van der Waals surface area contributed by atoms with Gasteiger partial charge < -0.3 is 5.11 Å². The molecule has 1 N–H and O–H groups in total. The lowest BCUT2D eigenvalue weighted by Crippen LogP contribution is -2.02. The Hall–Kier alpha value is -1.08. The van der Waals surface area contributed by atoms with Crippen LogP contribution in [0.4, 0.5) is 0 Å². The average Bonchev–Trinajstić information content (AvgIpc) is 2.25. The topological polar surface area (TPSA) is 20.2 Å². The number of aliphatic hydroxyl groups excluding tert-OH is 1. The molecular weight excluding hydrogens is 184 g/mol. The van der Waals surface area contributed by atoms with E-state index in [1.807, 2.05) is 19.9 Å². The smallest absolute Gasteiger partial charge is 0.0549 e. The summed E-state index contributed by atoms with van der Waals surface area (Å²) >= 11 is 0. The molecule has 82 valence electrons. The zero-order valence-electron chi connectivity index (χ0n) is 9.61. The van der Waals surface area contributed by atoms with E-state index < -0.39 is 0 Å². The zero-order chi connectivity index (χ0) is 11.1. The molecule has 0 bridgehead atoms. The molecule has 1 rings (SSSR count). The van der Waals surface area contributed by atoms with Gasteiger partial charge in [0.15, 0.2) is 0 Å². The first kappa shape index (κ1) is 12.0. The molecule has 0 aliphatic heterocycles. The van der Waals surface area contributed by atoms with E-state index in [0.717, 1.165) is 19.3 Å². The van der Waals surface area contributed by atoms with Crippen molar-refractivity contribution in [3.05, 3.63) is 47.5 Å². The van der Waals surface area contributed by atoms with Crippen molar-refractivity contribution in [1.29, 1.82) is 0 Å². The van der Waals surface area contributed by atoms with E-state index in [1.54, 1.807) is 0 Å². The minimum absolute atomic E-state index is 0.230. The second-order valence-corrected chi connectivity index (χ2v) is 3.99. The van der Waals surface area contributed by atoms with Gasteiger partial charge in [-0.25, -0.2) is 0 Å². The molecule has 0 heterocycles. The number of hydrogen-bond acceptors (Lipinski definition) is 1. The van der Waals surface area contributed by atoms with Gasteiger partial charge in [0, 0.05) is 0 Å². The summed E-state index contributed by atoms with van der Waals surface area (Å²) in [5.74, 6) is 0. The molecule has 0 saturated carbocycles. The van der Waals surface area contributed by atoms with Crippen molar-refractivity contribution in [2.75, 3.05) is 0 Å². The summed E-state index contributed by atoms with van der Waals surface area (Å²) in [6, 6.07) is 10.5. The van der Waals surface area contributed by atoms with Gasteiger partial charge in [-0.1, -0.05) is 42.0 Å². The number of aryl methyl sites for hydroxylation is 1. The molecule has 1 aromatic carbocycles. The van der Waals surface area contributed by atoms with Crippen LogP contribution in [0.15, 0.2) is 42.0 Å². The molecule has 0 aromatic heterocycles. The second-order valence-electron chi connectivity index (χ2n) is 3.99. The van der Waals surface area contributed by atoms with Crippen LogP contribution >= 0.6 is 0 Å². The van der Waals surface area contributed by atoms with Crippen molar-refractivity contribution in [2.24, 2.45) is 0 Å². The molecular formula is C14H20O. The van der Waals surface area contributed by atoms with E-state index in [1.165, 1.54) is 11.1 Å². The van der Waals surface area contributed by atoms with Crippen molar-refractivity contribution in [2.45, 2.75) is 39.2 Å². The van der Waals surface area contributed by atoms with Gasteiger partial charge in [0.1, 0.15) is 0 Å². The van der Waals surface area contributed by atoms with Crippen LogP contribution in [-0.2, 0) is 6.42 Å². The van der Waals surface area contributed by atoms with Gasteiger partial charge in [0.05, 0.1) is 6.10 Å². The van der Waals surface area contributed by atoms with E-state index in [4.69, 9.17) is 0 Å². The monoisotopic (exact) mass is 204 g/mol. The maximum absolute atomic E-state index is 9.31. The standard InChI is InChI=1S/C14H20O/c1-3-13(11-12(2)15)9-10-14-7-5-4-6-8-14/h3-8,12,15H,9-11H2,1-2H3/b13-3-. The normalized spacial score (nSPS) is 13.9. The van der Waals surface area contributed by atoms with Crippen molar-refractivity contribution in [1.82, 2.24) is 0 Å². The van der Waals surface area contributed by atoms with Gasteiger partial charge >= 0.3 is 0 Å². The summed E-state index contributed by atoms with van der Waals surface area (Å²) in [5.41, 5.74) is 2.70. The Balaban J connectivity index is 2.42. The second kappa shape index (κ2) is 6.41. The molecule has 0 amide bonds. The molecule has 0 aliphatic rings. The van der Waals surface area contributed by atoms with Crippen molar-refractivity contribution in [3.8, 4) is 0 Å². The lowest BCUT2D eigenvalue weighted by Gasteiger charge is -2.09. The quantitative estimate of drug-likeness (QED) is 0.729. The molecule has 1 heteroatoms. The molecule has 0 radical (unpaired) electrons. The molecule has 0 saturated heterocycles. The molecule has 1 nitrogen and oxygen atoms in total. The van der Waals surface area contributed by atoms with E-state index in [-0.39, 0.29) is 6.10 Å². The third kappa shape index (κ3) is 4.80. The van der Waals surface area contributed by atoms with Crippen LogP contribution in [-0.4, -0.2) is 11.2 Å². The van der Waals surface area contributed by atoms with Gasteiger partial charge in [-0.3, -0.25) is 0 Å².